The summed E-state index contributed by atoms with van der Waals surface area (Å²) in [5.74, 6) is 0.796. The van der Waals surface area contributed by atoms with Gasteiger partial charge in [-0.1, -0.05) is 6.92 Å². The van der Waals surface area contributed by atoms with E-state index in [4.69, 9.17) is 9.47 Å². The molecule has 0 aromatic heterocycles. The van der Waals surface area contributed by atoms with Gasteiger partial charge < -0.3 is 19.7 Å². The summed E-state index contributed by atoms with van der Waals surface area (Å²) in [7, 11) is 1.64. The van der Waals surface area contributed by atoms with Crippen LogP contribution in [0.5, 0.6) is 5.75 Å². The fourth-order valence-electron chi connectivity index (χ4n) is 3.18. The first-order chi connectivity index (χ1) is 12.1. The number of benzene rings is 1. The summed E-state index contributed by atoms with van der Waals surface area (Å²) >= 11 is 0. The summed E-state index contributed by atoms with van der Waals surface area (Å²) in [6, 6.07) is 6.04. The number of urea groups is 1. The predicted octanol–water partition coefficient (Wildman–Crippen LogP) is 2.97. The molecule has 0 radical (unpaired) electrons. The van der Waals surface area contributed by atoms with Crippen LogP contribution in [0.15, 0.2) is 18.2 Å². The number of anilines is 1. The van der Waals surface area contributed by atoms with Crippen molar-refractivity contribution in [3.05, 3.63) is 23.8 Å². The van der Waals surface area contributed by atoms with E-state index in [0.29, 0.717) is 6.04 Å². The fourth-order valence-corrected chi connectivity index (χ4v) is 3.18. The molecule has 2 rings (SSSR count). The van der Waals surface area contributed by atoms with Gasteiger partial charge in [0.25, 0.3) is 0 Å². The molecule has 0 bridgehead atoms. The zero-order valence-electron chi connectivity index (χ0n) is 15.9. The zero-order valence-corrected chi connectivity index (χ0v) is 15.9. The van der Waals surface area contributed by atoms with E-state index < -0.39 is 0 Å². The van der Waals surface area contributed by atoms with Crippen LogP contribution in [0.3, 0.4) is 0 Å². The number of carbonyl (C=O) groups is 1. The highest BCUT2D eigenvalue weighted by atomic mass is 16.5. The van der Waals surface area contributed by atoms with E-state index in [2.05, 4.69) is 17.1 Å². The summed E-state index contributed by atoms with van der Waals surface area (Å²) in [5, 5.41) is 3.03. The Balaban J connectivity index is 1.92. The number of nitrogens with zero attached hydrogens (tertiary/aromatic N) is 2. The molecule has 1 heterocycles. The van der Waals surface area contributed by atoms with Crippen LogP contribution >= 0.6 is 0 Å². The molecule has 1 atom stereocenters. The Bertz CT molecular complexity index is 565. The van der Waals surface area contributed by atoms with Gasteiger partial charge in [-0.2, -0.15) is 0 Å². The summed E-state index contributed by atoms with van der Waals surface area (Å²) in [6.45, 7) is 11.0. The normalized spacial score (nSPS) is 18.2. The summed E-state index contributed by atoms with van der Waals surface area (Å²) < 4.78 is 10.7. The van der Waals surface area contributed by atoms with Crippen molar-refractivity contribution in [2.75, 3.05) is 51.8 Å². The maximum Gasteiger partial charge on any atom is 0.321 e. The number of hydrogen-bond acceptors (Lipinski definition) is 4. The van der Waals surface area contributed by atoms with Crippen LogP contribution < -0.4 is 10.1 Å². The monoisotopic (exact) mass is 349 g/mol. The number of carbonyl (C=O) groups excluding carboxylic acids is 1. The molecule has 0 saturated carbocycles. The van der Waals surface area contributed by atoms with Crippen LogP contribution in [0, 0.1) is 6.92 Å². The number of nitrogens with one attached hydrogen (secondary N) is 1. The van der Waals surface area contributed by atoms with Gasteiger partial charge in [0.1, 0.15) is 5.75 Å². The van der Waals surface area contributed by atoms with E-state index in [1.807, 2.05) is 36.9 Å². The lowest BCUT2D eigenvalue weighted by molar-refractivity contribution is 0.0545. The molecule has 1 aliphatic heterocycles. The Labute approximate surface area is 151 Å². The minimum Gasteiger partial charge on any atom is -0.497 e. The van der Waals surface area contributed by atoms with E-state index in [-0.39, 0.29) is 6.03 Å². The first kappa shape index (κ1) is 19.5. The second-order valence-corrected chi connectivity index (χ2v) is 6.35. The first-order valence-corrected chi connectivity index (χ1v) is 9.11. The molecule has 0 spiro atoms. The SMILES string of the molecule is CCOCCN1CCN(C(=O)Nc2ccc(OC)cc2C)C[C@H]1CC. The molecule has 0 aliphatic carbocycles. The Morgan fingerprint density at radius 3 is 2.76 bits per heavy atom. The van der Waals surface area contributed by atoms with Gasteiger partial charge in [-0.05, 0) is 44.0 Å². The van der Waals surface area contributed by atoms with E-state index in [1.165, 1.54) is 0 Å². The van der Waals surface area contributed by atoms with Gasteiger partial charge in [-0.15, -0.1) is 0 Å². The largest absolute Gasteiger partial charge is 0.497 e. The quantitative estimate of drug-likeness (QED) is 0.769. The fraction of sp³-hybridized carbons (Fsp3) is 0.632. The lowest BCUT2D eigenvalue weighted by atomic mass is 10.1. The molecule has 1 aromatic rings. The van der Waals surface area contributed by atoms with E-state index in [9.17, 15) is 4.79 Å². The van der Waals surface area contributed by atoms with Crippen molar-refractivity contribution < 1.29 is 14.3 Å². The molecule has 25 heavy (non-hydrogen) atoms. The number of aryl methyl sites for hydroxylation is 1. The third-order valence-corrected chi connectivity index (χ3v) is 4.77. The van der Waals surface area contributed by atoms with Crippen LogP contribution in [0.2, 0.25) is 0 Å². The van der Waals surface area contributed by atoms with Gasteiger partial charge >= 0.3 is 6.03 Å². The molecule has 140 valence electrons. The number of ether oxygens (including phenoxy) is 2. The van der Waals surface area contributed by atoms with Crippen molar-refractivity contribution in [2.45, 2.75) is 33.2 Å². The molecule has 1 aromatic carbocycles. The van der Waals surface area contributed by atoms with Crippen molar-refractivity contribution in [1.29, 1.82) is 0 Å². The van der Waals surface area contributed by atoms with Crippen LogP contribution in [0.25, 0.3) is 0 Å². The van der Waals surface area contributed by atoms with Crippen molar-refractivity contribution in [1.82, 2.24) is 9.80 Å². The highest BCUT2D eigenvalue weighted by Gasteiger charge is 2.28. The first-order valence-electron chi connectivity index (χ1n) is 9.11. The molecule has 6 nitrogen and oxygen atoms in total. The van der Waals surface area contributed by atoms with Crippen LogP contribution in [-0.2, 0) is 4.74 Å². The topological polar surface area (TPSA) is 54.0 Å². The summed E-state index contributed by atoms with van der Waals surface area (Å²) in [4.78, 5) is 17.0. The van der Waals surface area contributed by atoms with Gasteiger partial charge in [0.15, 0.2) is 0 Å². The standard InChI is InChI=1S/C19H31N3O3/c1-5-16-14-22(10-9-21(16)11-12-25-6-2)19(23)20-18-8-7-17(24-4)13-15(18)3/h7-8,13,16H,5-6,9-12,14H2,1-4H3,(H,20,23)/t16-/m1/s1. The second kappa shape index (κ2) is 9.63. The number of amides is 2. The van der Waals surface area contributed by atoms with E-state index in [0.717, 1.165) is 62.8 Å². The summed E-state index contributed by atoms with van der Waals surface area (Å²) in [6.07, 6.45) is 1.03. The third-order valence-electron chi connectivity index (χ3n) is 4.77. The van der Waals surface area contributed by atoms with Gasteiger partial charge in [-0.25, -0.2) is 4.79 Å². The molecule has 2 amide bonds. The Hall–Kier alpha value is -1.79. The Kier molecular flexibility index (Phi) is 7.52. The van der Waals surface area contributed by atoms with Gasteiger partial charge in [-0.3, -0.25) is 4.90 Å². The maximum atomic E-state index is 12.6. The van der Waals surface area contributed by atoms with Crippen molar-refractivity contribution in [2.24, 2.45) is 0 Å². The Morgan fingerprint density at radius 2 is 2.12 bits per heavy atom. The van der Waals surface area contributed by atoms with Crippen LogP contribution in [-0.4, -0.2) is 68.4 Å². The minimum atomic E-state index is -0.0313. The number of hydrogen-bond donors (Lipinski definition) is 1. The molecule has 0 unspecified atom stereocenters. The van der Waals surface area contributed by atoms with Crippen LogP contribution in [0.4, 0.5) is 10.5 Å². The molecule has 1 saturated heterocycles. The average Bonchev–Trinajstić information content (AvgIpc) is 2.63. The number of rotatable bonds is 7. The van der Waals surface area contributed by atoms with Crippen molar-refractivity contribution in [3.8, 4) is 5.75 Å². The van der Waals surface area contributed by atoms with E-state index in [1.54, 1.807) is 7.11 Å². The lowest BCUT2D eigenvalue weighted by Crippen LogP contribution is -2.56. The zero-order chi connectivity index (χ0) is 18.2. The number of methoxy groups -OCH3 is 1. The maximum absolute atomic E-state index is 12.6. The number of piperazine rings is 1. The van der Waals surface area contributed by atoms with Crippen molar-refractivity contribution >= 4 is 11.7 Å². The third kappa shape index (κ3) is 5.34. The highest BCUT2D eigenvalue weighted by Crippen LogP contribution is 2.22. The average molecular weight is 349 g/mol. The smallest absolute Gasteiger partial charge is 0.321 e. The molecule has 1 aliphatic rings. The molecule has 6 heteroatoms. The molecule has 1 fully saturated rings. The molecular formula is C19H31N3O3. The van der Waals surface area contributed by atoms with Crippen LogP contribution in [0.1, 0.15) is 25.8 Å². The summed E-state index contributed by atoms with van der Waals surface area (Å²) in [5.41, 5.74) is 1.83. The van der Waals surface area contributed by atoms with Gasteiger partial charge in [0.05, 0.1) is 13.7 Å². The molecule has 1 N–H and O–H groups in total. The van der Waals surface area contributed by atoms with Crippen molar-refractivity contribution in [3.63, 3.8) is 0 Å². The highest BCUT2D eigenvalue weighted by molar-refractivity contribution is 5.90. The van der Waals surface area contributed by atoms with Gasteiger partial charge in [0.2, 0.25) is 0 Å². The minimum absolute atomic E-state index is 0.0313. The lowest BCUT2D eigenvalue weighted by Gasteiger charge is -2.41. The Morgan fingerprint density at radius 1 is 1.32 bits per heavy atom. The van der Waals surface area contributed by atoms with Gasteiger partial charge in [0, 0.05) is 44.5 Å². The predicted molar refractivity (Wildman–Crippen MR) is 100 cm³/mol. The van der Waals surface area contributed by atoms with E-state index >= 15 is 0 Å². The second-order valence-electron chi connectivity index (χ2n) is 6.35. The molecular weight excluding hydrogens is 318 g/mol.